The first-order valence-electron chi connectivity index (χ1n) is 7.00. The van der Waals surface area contributed by atoms with E-state index < -0.39 is 0 Å². The van der Waals surface area contributed by atoms with Crippen molar-refractivity contribution >= 4 is 11.8 Å². The Labute approximate surface area is 124 Å². The minimum absolute atomic E-state index is 0.0182. The van der Waals surface area contributed by atoms with E-state index in [9.17, 15) is 9.59 Å². The molecule has 5 heteroatoms. The van der Waals surface area contributed by atoms with E-state index in [-0.39, 0.29) is 24.4 Å². The molecular weight excluding hydrogens is 268 g/mol. The Kier molecular flexibility index (Phi) is 4.98. The van der Waals surface area contributed by atoms with Crippen LogP contribution in [0.3, 0.4) is 0 Å². The molecule has 1 aromatic rings. The van der Waals surface area contributed by atoms with Gasteiger partial charge in [0.05, 0.1) is 19.2 Å². The average Bonchev–Trinajstić information content (AvgIpc) is 2.69. The molecule has 0 spiro atoms. The predicted molar refractivity (Wildman–Crippen MR) is 79.9 cm³/mol. The highest BCUT2D eigenvalue weighted by Crippen LogP contribution is 2.30. The van der Waals surface area contributed by atoms with Crippen LogP contribution in [0.4, 0.5) is 0 Å². The number of hydrogen-bond donors (Lipinski definition) is 1. The Hall–Kier alpha value is -2.30. The number of carbonyl (C=O) groups is 2. The summed E-state index contributed by atoms with van der Waals surface area (Å²) in [6.45, 7) is 4.08. The maximum atomic E-state index is 12.1. The highest BCUT2D eigenvalue weighted by atomic mass is 16.5. The van der Waals surface area contributed by atoms with Crippen molar-refractivity contribution in [1.29, 1.82) is 0 Å². The Morgan fingerprint density at radius 3 is 3.00 bits per heavy atom. The number of rotatable bonds is 4. The molecule has 1 aliphatic heterocycles. The van der Waals surface area contributed by atoms with Gasteiger partial charge < -0.3 is 15.0 Å². The van der Waals surface area contributed by atoms with Crippen LogP contribution in [0.25, 0.3) is 0 Å². The van der Waals surface area contributed by atoms with Gasteiger partial charge in [-0.2, -0.15) is 0 Å². The maximum Gasteiger partial charge on any atom is 0.246 e. The highest BCUT2D eigenvalue weighted by Gasteiger charge is 2.21. The first-order chi connectivity index (χ1) is 10.1. The zero-order valence-corrected chi connectivity index (χ0v) is 12.2. The monoisotopic (exact) mass is 288 g/mol. The van der Waals surface area contributed by atoms with E-state index in [1.807, 2.05) is 24.3 Å². The molecule has 0 saturated heterocycles. The van der Waals surface area contributed by atoms with Gasteiger partial charge in [0, 0.05) is 12.6 Å². The molecular formula is C16H20N2O3. The number of fused-ring (bicyclic) bond motifs is 1. The molecule has 21 heavy (non-hydrogen) atoms. The van der Waals surface area contributed by atoms with Crippen molar-refractivity contribution < 1.29 is 14.3 Å². The first-order valence-corrected chi connectivity index (χ1v) is 7.00. The average molecular weight is 288 g/mol. The molecule has 2 amide bonds. The maximum absolute atomic E-state index is 12.1. The van der Waals surface area contributed by atoms with Gasteiger partial charge in [-0.25, -0.2) is 0 Å². The fourth-order valence-corrected chi connectivity index (χ4v) is 2.36. The van der Waals surface area contributed by atoms with Crippen LogP contribution in [0.15, 0.2) is 36.9 Å². The third-order valence-corrected chi connectivity index (χ3v) is 3.46. The topological polar surface area (TPSA) is 58.6 Å². The van der Waals surface area contributed by atoms with Crippen LogP contribution in [0, 0.1) is 0 Å². The van der Waals surface area contributed by atoms with Crippen LogP contribution in [0.1, 0.15) is 24.4 Å². The van der Waals surface area contributed by atoms with Gasteiger partial charge in [0.1, 0.15) is 5.75 Å². The van der Waals surface area contributed by atoms with Gasteiger partial charge in [-0.1, -0.05) is 24.8 Å². The molecule has 1 aromatic carbocycles. The van der Waals surface area contributed by atoms with E-state index in [2.05, 4.69) is 11.9 Å². The zero-order chi connectivity index (χ0) is 15.2. The number of para-hydroxylation sites is 1. The number of nitrogens with one attached hydrogen (secondary N) is 1. The fourth-order valence-electron chi connectivity index (χ4n) is 2.36. The summed E-state index contributed by atoms with van der Waals surface area (Å²) < 4.78 is 5.67. The van der Waals surface area contributed by atoms with E-state index in [0.717, 1.165) is 24.2 Å². The van der Waals surface area contributed by atoms with Crippen LogP contribution < -0.4 is 10.1 Å². The highest BCUT2D eigenvalue weighted by molar-refractivity contribution is 5.90. The minimum Gasteiger partial charge on any atom is -0.493 e. The number of nitrogens with zero attached hydrogens (tertiary/aromatic N) is 1. The largest absolute Gasteiger partial charge is 0.493 e. The molecule has 0 radical (unpaired) electrons. The van der Waals surface area contributed by atoms with Gasteiger partial charge in [0.2, 0.25) is 11.8 Å². The number of likely N-dealkylation sites (N-methyl/N-ethyl adjacent to an activating group) is 1. The molecule has 1 heterocycles. The Bertz CT molecular complexity index is 542. The van der Waals surface area contributed by atoms with Gasteiger partial charge in [-0.15, -0.1) is 0 Å². The lowest BCUT2D eigenvalue weighted by atomic mass is 10.0. The van der Waals surface area contributed by atoms with Crippen LogP contribution in [0.5, 0.6) is 5.75 Å². The third kappa shape index (κ3) is 3.84. The molecule has 0 unspecified atom stereocenters. The van der Waals surface area contributed by atoms with E-state index in [0.29, 0.717) is 6.61 Å². The molecule has 5 nitrogen and oxygen atoms in total. The number of carbonyl (C=O) groups excluding carboxylic acids is 2. The van der Waals surface area contributed by atoms with Gasteiger partial charge in [-0.3, -0.25) is 9.59 Å². The summed E-state index contributed by atoms with van der Waals surface area (Å²) >= 11 is 0. The summed E-state index contributed by atoms with van der Waals surface area (Å²) in [4.78, 5) is 24.8. The smallest absolute Gasteiger partial charge is 0.246 e. The van der Waals surface area contributed by atoms with Gasteiger partial charge >= 0.3 is 0 Å². The molecule has 2 rings (SSSR count). The van der Waals surface area contributed by atoms with Crippen LogP contribution in [-0.2, 0) is 9.59 Å². The normalized spacial score (nSPS) is 16.9. The van der Waals surface area contributed by atoms with Gasteiger partial charge in [0.15, 0.2) is 0 Å². The Morgan fingerprint density at radius 1 is 1.48 bits per heavy atom. The molecule has 1 aliphatic rings. The van der Waals surface area contributed by atoms with E-state index >= 15 is 0 Å². The Balaban J connectivity index is 2.03. The lowest BCUT2D eigenvalue weighted by Gasteiger charge is -2.20. The lowest BCUT2D eigenvalue weighted by molar-refractivity contribution is -0.131. The zero-order valence-electron chi connectivity index (χ0n) is 12.2. The molecule has 1 atom stereocenters. The quantitative estimate of drug-likeness (QED) is 0.857. The van der Waals surface area contributed by atoms with Crippen LogP contribution in [-0.4, -0.2) is 36.9 Å². The van der Waals surface area contributed by atoms with E-state index in [1.54, 1.807) is 7.05 Å². The van der Waals surface area contributed by atoms with Crippen molar-refractivity contribution in [2.45, 2.75) is 18.9 Å². The molecule has 0 fully saturated rings. The number of benzene rings is 1. The molecule has 0 aliphatic carbocycles. The van der Waals surface area contributed by atoms with E-state index in [4.69, 9.17) is 4.74 Å². The van der Waals surface area contributed by atoms with Crippen LogP contribution in [0.2, 0.25) is 0 Å². The second-order valence-electron chi connectivity index (χ2n) is 5.05. The molecule has 112 valence electrons. The lowest BCUT2D eigenvalue weighted by Crippen LogP contribution is -2.39. The molecule has 0 bridgehead atoms. The standard InChI is InChI=1S/C16H20N2O3/c1-3-16(20)18(2)11-15(19)17-13-8-6-10-21-14-9-5-4-7-12(13)14/h3-5,7,9,13H,1,6,8,10-11H2,2H3,(H,17,19)/t13-/m1/s1. The molecule has 0 saturated carbocycles. The summed E-state index contributed by atoms with van der Waals surface area (Å²) in [6, 6.07) is 7.64. The van der Waals surface area contributed by atoms with Crippen molar-refractivity contribution in [1.82, 2.24) is 10.2 Å². The van der Waals surface area contributed by atoms with Crippen molar-refractivity contribution in [2.75, 3.05) is 20.2 Å². The minimum atomic E-state index is -0.269. The van der Waals surface area contributed by atoms with Crippen molar-refractivity contribution in [2.24, 2.45) is 0 Å². The summed E-state index contributed by atoms with van der Waals surface area (Å²) in [5.41, 5.74) is 0.987. The molecule has 0 aromatic heterocycles. The summed E-state index contributed by atoms with van der Waals surface area (Å²) in [5.74, 6) is 0.361. The number of ether oxygens (including phenoxy) is 1. The third-order valence-electron chi connectivity index (χ3n) is 3.46. The van der Waals surface area contributed by atoms with Crippen molar-refractivity contribution in [3.8, 4) is 5.75 Å². The first kappa shape index (κ1) is 15.1. The SMILES string of the molecule is C=CC(=O)N(C)CC(=O)N[C@@H]1CCCOc2ccccc21. The van der Waals surface area contributed by atoms with Crippen LogP contribution >= 0.6 is 0 Å². The number of amides is 2. The molecule has 1 N–H and O–H groups in total. The Morgan fingerprint density at radius 2 is 2.24 bits per heavy atom. The summed E-state index contributed by atoms with van der Waals surface area (Å²) in [7, 11) is 1.58. The second-order valence-corrected chi connectivity index (χ2v) is 5.05. The summed E-state index contributed by atoms with van der Waals surface area (Å²) in [5, 5.41) is 2.98. The second kappa shape index (κ2) is 6.92. The number of hydrogen-bond acceptors (Lipinski definition) is 3. The van der Waals surface area contributed by atoms with E-state index in [1.165, 1.54) is 11.0 Å². The van der Waals surface area contributed by atoms with Gasteiger partial charge in [0.25, 0.3) is 0 Å². The van der Waals surface area contributed by atoms with Crippen molar-refractivity contribution in [3.63, 3.8) is 0 Å². The van der Waals surface area contributed by atoms with Gasteiger partial charge in [-0.05, 0) is 25.0 Å². The van der Waals surface area contributed by atoms with Crippen molar-refractivity contribution in [3.05, 3.63) is 42.5 Å². The summed E-state index contributed by atoms with van der Waals surface area (Å²) in [6.07, 6.45) is 2.89. The fraction of sp³-hybridized carbons (Fsp3) is 0.375. The predicted octanol–water partition coefficient (Wildman–Crippen LogP) is 1.66.